The molecule has 0 aliphatic carbocycles. The molecule has 12 heteroatoms. The monoisotopic (exact) mass is 455 g/mol. The predicted octanol–water partition coefficient (Wildman–Crippen LogP) is 2.71. The number of aliphatic hydroxyl groups excluding tert-OH is 1. The lowest BCUT2D eigenvalue weighted by molar-refractivity contribution is -0.206. The molecule has 31 heavy (non-hydrogen) atoms. The van der Waals surface area contributed by atoms with Gasteiger partial charge >= 0.3 is 6.18 Å². The second-order valence-electron chi connectivity index (χ2n) is 7.83. The highest BCUT2D eigenvalue weighted by Crippen LogP contribution is 2.38. The van der Waals surface area contributed by atoms with Gasteiger partial charge in [-0.3, -0.25) is 4.90 Å². The Morgan fingerprint density at radius 2 is 1.97 bits per heavy atom. The van der Waals surface area contributed by atoms with Crippen LogP contribution < -0.4 is 4.90 Å². The molecule has 4 heterocycles. The number of alkyl halides is 3. The number of benzene rings is 1. The molecule has 1 N–H and O–H groups in total. The summed E-state index contributed by atoms with van der Waals surface area (Å²) in [6, 6.07) is 3.52. The first-order chi connectivity index (χ1) is 14.9. The van der Waals surface area contributed by atoms with E-state index in [9.17, 15) is 18.3 Å². The molecule has 0 amide bonds. The summed E-state index contributed by atoms with van der Waals surface area (Å²) >= 11 is 0.771. The lowest BCUT2D eigenvalue weighted by atomic mass is 9.97. The standard InChI is InChI=1S/C19H20F3N5O3S/c20-19(21,22)17(28)18-23-14(10-31-18)12-5-13-16(25-30-24-13)15(6-12)27-8-11(9-27)7-26-1-3-29-4-2-26/h5-6,10-11,17,28H,1-4,7-9H2. The highest BCUT2D eigenvalue weighted by atomic mass is 32.1. The van der Waals surface area contributed by atoms with Crippen LogP contribution in [0.5, 0.6) is 0 Å². The second-order valence-corrected chi connectivity index (χ2v) is 8.72. The van der Waals surface area contributed by atoms with Crippen LogP contribution in [0.15, 0.2) is 22.1 Å². The third kappa shape index (κ3) is 4.12. The van der Waals surface area contributed by atoms with Crippen LogP contribution in [0.4, 0.5) is 18.9 Å². The van der Waals surface area contributed by atoms with E-state index in [1.54, 1.807) is 6.07 Å². The van der Waals surface area contributed by atoms with Crippen LogP contribution in [0.25, 0.3) is 22.3 Å². The number of rotatable bonds is 5. The molecule has 0 spiro atoms. The molecule has 1 unspecified atom stereocenters. The zero-order chi connectivity index (χ0) is 21.6. The van der Waals surface area contributed by atoms with Gasteiger partial charge in [0.2, 0.25) is 6.10 Å². The van der Waals surface area contributed by atoms with Gasteiger partial charge < -0.3 is 14.7 Å². The minimum absolute atomic E-state index is 0.347. The molecule has 0 radical (unpaired) electrons. The quantitative estimate of drug-likeness (QED) is 0.629. The van der Waals surface area contributed by atoms with E-state index in [1.165, 1.54) is 5.38 Å². The van der Waals surface area contributed by atoms with Crippen LogP contribution in [0.2, 0.25) is 0 Å². The van der Waals surface area contributed by atoms with Crippen LogP contribution in [0.3, 0.4) is 0 Å². The van der Waals surface area contributed by atoms with Gasteiger partial charge in [-0.15, -0.1) is 11.3 Å². The molecule has 2 aliphatic rings. The van der Waals surface area contributed by atoms with Crippen LogP contribution >= 0.6 is 11.3 Å². The molecule has 5 rings (SSSR count). The van der Waals surface area contributed by atoms with E-state index in [-0.39, 0.29) is 0 Å². The molecule has 2 aromatic heterocycles. The Morgan fingerprint density at radius 1 is 1.19 bits per heavy atom. The van der Waals surface area contributed by atoms with Crippen LogP contribution in [-0.4, -0.2) is 77.4 Å². The molecule has 0 saturated carbocycles. The summed E-state index contributed by atoms with van der Waals surface area (Å²) in [4.78, 5) is 8.57. The lowest BCUT2D eigenvalue weighted by Crippen LogP contribution is -2.53. The van der Waals surface area contributed by atoms with Crippen molar-refractivity contribution < 1.29 is 27.6 Å². The molecule has 1 aromatic carbocycles. The molecular weight excluding hydrogens is 435 g/mol. The Labute approximate surface area is 179 Å². The number of thiazole rings is 1. The van der Waals surface area contributed by atoms with E-state index in [4.69, 9.17) is 9.37 Å². The number of halogens is 3. The normalized spacial score (nSPS) is 19.7. The van der Waals surface area contributed by atoms with Gasteiger partial charge in [-0.25, -0.2) is 9.61 Å². The van der Waals surface area contributed by atoms with E-state index < -0.39 is 17.3 Å². The van der Waals surface area contributed by atoms with Gasteiger partial charge in [-0.2, -0.15) is 13.2 Å². The summed E-state index contributed by atoms with van der Waals surface area (Å²) in [6.07, 6.45) is -7.35. The molecule has 8 nitrogen and oxygen atoms in total. The number of morpholine rings is 1. The molecular formula is C19H20F3N5O3S. The minimum Gasteiger partial charge on any atom is -0.379 e. The Balaban J connectivity index is 1.36. The first-order valence-corrected chi connectivity index (χ1v) is 10.8. The van der Waals surface area contributed by atoms with E-state index in [0.717, 1.165) is 63.0 Å². The Hall–Kier alpha value is -2.28. The van der Waals surface area contributed by atoms with Crippen molar-refractivity contribution in [3.05, 3.63) is 22.5 Å². The maximum absolute atomic E-state index is 12.8. The number of fused-ring (bicyclic) bond motifs is 1. The largest absolute Gasteiger partial charge is 0.420 e. The summed E-state index contributed by atoms with van der Waals surface area (Å²) in [5, 5.41) is 18.5. The van der Waals surface area contributed by atoms with Crippen LogP contribution in [0.1, 0.15) is 11.1 Å². The molecule has 2 saturated heterocycles. The minimum atomic E-state index is -4.76. The first kappa shape index (κ1) is 20.6. The SMILES string of the molecule is OC(c1nc(-c2cc(N3CC(CN4CCOCC4)C3)c3nonc3c2)cs1)C(F)(F)F. The number of aromatic nitrogens is 3. The maximum atomic E-state index is 12.8. The van der Waals surface area contributed by atoms with E-state index in [2.05, 4.69) is 25.1 Å². The Bertz CT molecular complexity index is 1060. The summed E-state index contributed by atoms with van der Waals surface area (Å²) in [5.74, 6) is 0.518. The zero-order valence-corrected chi connectivity index (χ0v) is 17.2. The number of anilines is 1. The van der Waals surface area contributed by atoms with Gasteiger partial charge in [0.05, 0.1) is 24.6 Å². The first-order valence-electron chi connectivity index (χ1n) is 9.90. The molecule has 0 bridgehead atoms. The predicted molar refractivity (Wildman–Crippen MR) is 107 cm³/mol. The van der Waals surface area contributed by atoms with Crippen molar-refractivity contribution in [1.29, 1.82) is 0 Å². The third-order valence-corrected chi connectivity index (χ3v) is 6.52. The van der Waals surface area contributed by atoms with Crippen molar-refractivity contribution >= 4 is 28.1 Å². The summed E-state index contributed by atoms with van der Waals surface area (Å²) in [5.41, 5.74) is 2.89. The Kier molecular flexibility index (Phi) is 5.32. The number of hydrogen-bond acceptors (Lipinski definition) is 9. The molecule has 166 valence electrons. The smallest absolute Gasteiger partial charge is 0.379 e. The van der Waals surface area contributed by atoms with Gasteiger partial charge in [-0.1, -0.05) is 0 Å². The molecule has 2 fully saturated rings. The Morgan fingerprint density at radius 3 is 2.71 bits per heavy atom. The fraction of sp³-hybridized carbons (Fsp3) is 0.526. The highest BCUT2D eigenvalue weighted by Gasteiger charge is 2.41. The highest BCUT2D eigenvalue weighted by molar-refractivity contribution is 7.10. The van der Waals surface area contributed by atoms with Crippen molar-refractivity contribution in [2.24, 2.45) is 5.92 Å². The maximum Gasteiger partial charge on any atom is 0.420 e. The fourth-order valence-electron chi connectivity index (χ4n) is 3.98. The van der Waals surface area contributed by atoms with Crippen molar-refractivity contribution in [2.45, 2.75) is 12.3 Å². The summed E-state index contributed by atoms with van der Waals surface area (Å²) in [7, 11) is 0. The topological polar surface area (TPSA) is 87.8 Å². The molecule has 2 aliphatic heterocycles. The molecule has 1 atom stereocenters. The number of ether oxygens (including phenoxy) is 1. The number of aliphatic hydroxyl groups is 1. The fourth-order valence-corrected chi connectivity index (χ4v) is 4.81. The second kappa shape index (κ2) is 8.01. The van der Waals surface area contributed by atoms with Crippen molar-refractivity contribution in [3.8, 4) is 11.3 Å². The van der Waals surface area contributed by atoms with Crippen molar-refractivity contribution in [3.63, 3.8) is 0 Å². The van der Waals surface area contributed by atoms with E-state index >= 15 is 0 Å². The van der Waals surface area contributed by atoms with Crippen LogP contribution in [0, 0.1) is 5.92 Å². The third-order valence-electron chi connectivity index (χ3n) is 5.62. The average Bonchev–Trinajstić information content (AvgIpc) is 3.38. The van der Waals surface area contributed by atoms with Gasteiger partial charge in [0.25, 0.3) is 0 Å². The van der Waals surface area contributed by atoms with Gasteiger partial charge in [0.1, 0.15) is 10.5 Å². The van der Waals surface area contributed by atoms with E-state index in [0.29, 0.717) is 28.2 Å². The van der Waals surface area contributed by atoms with Crippen molar-refractivity contribution in [1.82, 2.24) is 20.2 Å². The summed E-state index contributed by atoms with van der Waals surface area (Å²) < 4.78 is 48.7. The number of nitrogens with zero attached hydrogens (tertiary/aromatic N) is 5. The van der Waals surface area contributed by atoms with Gasteiger partial charge in [0, 0.05) is 49.6 Å². The molecule has 3 aromatic rings. The van der Waals surface area contributed by atoms with Gasteiger partial charge in [-0.05, 0) is 22.4 Å². The lowest BCUT2D eigenvalue weighted by Gasteiger charge is -2.43. The van der Waals surface area contributed by atoms with Crippen LogP contribution in [-0.2, 0) is 4.74 Å². The van der Waals surface area contributed by atoms with Gasteiger partial charge in [0.15, 0.2) is 5.52 Å². The van der Waals surface area contributed by atoms with E-state index in [1.807, 2.05) is 6.07 Å². The zero-order valence-electron chi connectivity index (χ0n) is 16.4. The summed E-state index contributed by atoms with van der Waals surface area (Å²) in [6.45, 7) is 6.11. The van der Waals surface area contributed by atoms with Crippen molar-refractivity contribution in [2.75, 3.05) is 50.8 Å². The average molecular weight is 455 g/mol. The number of hydrogen-bond donors (Lipinski definition) is 1.